The fourth-order valence-corrected chi connectivity index (χ4v) is 2.04. The van der Waals surface area contributed by atoms with E-state index in [9.17, 15) is 9.59 Å². The van der Waals surface area contributed by atoms with Crippen LogP contribution in [-0.4, -0.2) is 59.9 Å². The van der Waals surface area contributed by atoms with E-state index in [1.54, 1.807) is 0 Å². The summed E-state index contributed by atoms with van der Waals surface area (Å²) in [6.07, 6.45) is 3.70. The van der Waals surface area contributed by atoms with Crippen LogP contribution in [0, 0.1) is 0 Å². The van der Waals surface area contributed by atoms with Gasteiger partial charge in [-0.1, -0.05) is 6.42 Å². The highest BCUT2D eigenvalue weighted by Gasteiger charge is 2.11. The van der Waals surface area contributed by atoms with E-state index in [4.69, 9.17) is 14.9 Å². The van der Waals surface area contributed by atoms with Crippen LogP contribution < -0.4 is 0 Å². The number of unbranched alkanes of at least 4 members (excludes halogenated alkanes) is 2. The van der Waals surface area contributed by atoms with Crippen molar-refractivity contribution in [3.63, 3.8) is 0 Å². The largest absolute Gasteiger partial charge is 0.478 e. The van der Waals surface area contributed by atoms with Crippen LogP contribution >= 0.6 is 0 Å². The molecule has 0 aromatic heterocycles. The molecule has 6 nitrogen and oxygen atoms in total. The van der Waals surface area contributed by atoms with Gasteiger partial charge in [-0.15, -0.1) is 0 Å². The predicted molar refractivity (Wildman–Crippen MR) is 69.1 cm³/mol. The second-order valence-corrected chi connectivity index (χ2v) is 4.58. The Labute approximate surface area is 112 Å². The van der Waals surface area contributed by atoms with Crippen LogP contribution in [0.3, 0.4) is 0 Å². The predicted octanol–water partition coefficient (Wildman–Crippen LogP) is 0.975. The van der Waals surface area contributed by atoms with Crippen molar-refractivity contribution in [3.05, 3.63) is 11.6 Å². The van der Waals surface area contributed by atoms with Gasteiger partial charge in [0.05, 0.1) is 13.2 Å². The summed E-state index contributed by atoms with van der Waals surface area (Å²) in [4.78, 5) is 23.6. The van der Waals surface area contributed by atoms with Crippen molar-refractivity contribution in [2.24, 2.45) is 0 Å². The maximum absolute atomic E-state index is 10.8. The normalized spacial score (nSPS) is 17.4. The highest BCUT2D eigenvalue weighted by Crippen LogP contribution is 2.10. The minimum absolute atomic E-state index is 0.0288. The number of carboxylic acids is 2. The monoisotopic (exact) mass is 271 g/mol. The van der Waals surface area contributed by atoms with Crippen molar-refractivity contribution in [2.45, 2.75) is 25.7 Å². The molecule has 0 aliphatic carbocycles. The minimum atomic E-state index is -1.20. The van der Waals surface area contributed by atoms with Crippen LogP contribution in [-0.2, 0) is 14.3 Å². The van der Waals surface area contributed by atoms with Gasteiger partial charge in [0.15, 0.2) is 0 Å². The molecule has 0 aromatic carbocycles. The maximum atomic E-state index is 10.8. The van der Waals surface area contributed by atoms with Crippen molar-refractivity contribution in [1.82, 2.24) is 4.90 Å². The first kappa shape index (κ1) is 15.7. The van der Waals surface area contributed by atoms with E-state index in [0.717, 1.165) is 51.8 Å². The summed E-state index contributed by atoms with van der Waals surface area (Å²) >= 11 is 0. The molecule has 0 atom stereocenters. The number of hydrogen-bond donors (Lipinski definition) is 2. The molecule has 1 rings (SSSR count). The van der Waals surface area contributed by atoms with Crippen molar-refractivity contribution in [1.29, 1.82) is 0 Å². The quantitative estimate of drug-likeness (QED) is 0.505. The molecule has 1 aliphatic heterocycles. The number of nitrogens with zero attached hydrogens (tertiary/aromatic N) is 1. The second-order valence-electron chi connectivity index (χ2n) is 4.58. The van der Waals surface area contributed by atoms with Crippen LogP contribution in [0.5, 0.6) is 0 Å². The Morgan fingerprint density at radius 3 is 2.37 bits per heavy atom. The van der Waals surface area contributed by atoms with Gasteiger partial charge in [-0.3, -0.25) is 4.90 Å². The zero-order valence-electron chi connectivity index (χ0n) is 11.0. The summed E-state index contributed by atoms with van der Waals surface area (Å²) in [5.41, 5.74) is -0.0288. The van der Waals surface area contributed by atoms with Crippen LogP contribution in [0.25, 0.3) is 0 Å². The summed E-state index contributed by atoms with van der Waals surface area (Å²) < 4.78 is 5.25. The molecule has 0 saturated carbocycles. The third kappa shape index (κ3) is 6.93. The van der Waals surface area contributed by atoms with E-state index < -0.39 is 11.9 Å². The lowest BCUT2D eigenvalue weighted by molar-refractivity contribution is -0.135. The van der Waals surface area contributed by atoms with E-state index in [1.807, 2.05) is 0 Å². The van der Waals surface area contributed by atoms with Crippen LogP contribution in [0.15, 0.2) is 11.6 Å². The van der Waals surface area contributed by atoms with Gasteiger partial charge in [-0.25, -0.2) is 9.59 Å². The second kappa shape index (κ2) is 8.66. The van der Waals surface area contributed by atoms with E-state index in [0.29, 0.717) is 12.8 Å². The lowest BCUT2D eigenvalue weighted by Crippen LogP contribution is -2.36. The molecule has 1 aliphatic rings. The van der Waals surface area contributed by atoms with E-state index in [-0.39, 0.29) is 5.57 Å². The van der Waals surface area contributed by atoms with Gasteiger partial charge in [-0.05, 0) is 25.8 Å². The van der Waals surface area contributed by atoms with Crippen LogP contribution in [0.2, 0.25) is 0 Å². The van der Waals surface area contributed by atoms with Crippen molar-refractivity contribution in [3.8, 4) is 0 Å². The van der Waals surface area contributed by atoms with Crippen molar-refractivity contribution >= 4 is 11.9 Å². The van der Waals surface area contributed by atoms with Gasteiger partial charge < -0.3 is 14.9 Å². The molecule has 0 aromatic rings. The molecular weight excluding hydrogens is 250 g/mol. The lowest BCUT2D eigenvalue weighted by Gasteiger charge is -2.26. The Bertz CT molecular complexity index is 334. The third-order valence-corrected chi connectivity index (χ3v) is 3.10. The number of carbonyl (C=O) groups is 2. The fraction of sp³-hybridized carbons (Fsp3) is 0.692. The van der Waals surface area contributed by atoms with E-state index in [2.05, 4.69) is 4.90 Å². The first-order valence-electron chi connectivity index (χ1n) is 6.56. The van der Waals surface area contributed by atoms with Gasteiger partial charge in [0.25, 0.3) is 0 Å². The smallest absolute Gasteiger partial charge is 0.331 e. The zero-order chi connectivity index (χ0) is 14.1. The number of rotatable bonds is 8. The molecule has 19 heavy (non-hydrogen) atoms. The van der Waals surface area contributed by atoms with Crippen molar-refractivity contribution in [2.75, 3.05) is 32.8 Å². The summed E-state index contributed by atoms with van der Waals surface area (Å²) in [7, 11) is 0. The number of morpholine rings is 1. The summed E-state index contributed by atoms with van der Waals surface area (Å²) in [6, 6.07) is 0. The highest BCUT2D eigenvalue weighted by molar-refractivity contribution is 5.94. The molecule has 1 fully saturated rings. The van der Waals surface area contributed by atoms with Crippen LogP contribution in [0.1, 0.15) is 25.7 Å². The molecule has 2 N–H and O–H groups in total. The molecule has 1 heterocycles. The molecular formula is C13H21NO5. The van der Waals surface area contributed by atoms with E-state index >= 15 is 0 Å². The number of aliphatic carboxylic acids is 2. The molecule has 0 radical (unpaired) electrons. The van der Waals surface area contributed by atoms with Gasteiger partial charge in [-0.2, -0.15) is 0 Å². The zero-order valence-corrected chi connectivity index (χ0v) is 11.0. The molecule has 0 amide bonds. The first-order valence-corrected chi connectivity index (χ1v) is 6.56. The molecule has 1 saturated heterocycles. The van der Waals surface area contributed by atoms with Gasteiger partial charge in [0.1, 0.15) is 0 Å². The topological polar surface area (TPSA) is 87.1 Å². The Hall–Kier alpha value is -1.40. The summed E-state index contributed by atoms with van der Waals surface area (Å²) in [5, 5.41) is 17.4. The van der Waals surface area contributed by atoms with Gasteiger partial charge in [0.2, 0.25) is 0 Å². The summed E-state index contributed by atoms with van der Waals surface area (Å²) in [5.74, 6) is -2.35. The highest BCUT2D eigenvalue weighted by atomic mass is 16.5. The molecule has 0 bridgehead atoms. The molecule has 0 unspecified atom stereocenters. The first-order chi connectivity index (χ1) is 9.09. The number of ether oxygens (including phenoxy) is 1. The number of carboxylic acid groups (broad SMARTS) is 2. The van der Waals surface area contributed by atoms with Gasteiger partial charge >= 0.3 is 11.9 Å². The van der Waals surface area contributed by atoms with Gasteiger partial charge in [0, 0.05) is 24.7 Å². The Balaban J connectivity index is 2.14. The summed E-state index contributed by atoms with van der Waals surface area (Å²) in [6.45, 7) is 4.47. The average molecular weight is 271 g/mol. The molecule has 6 heteroatoms. The standard InChI is InChI=1S/C13H21NO5/c15-12(16)10-11(13(17)18)4-2-1-3-5-14-6-8-19-9-7-14/h10H,1-9H2,(H,15,16)(H,17,18). The lowest BCUT2D eigenvalue weighted by atomic mass is 10.1. The fourth-order valence-electron chi connectivity index (χ4n) is 2.04. The van der Waals surface area contributed by atoms with Crippen LogP contribution in [0.4, 0.5) is 0 Å². The Morgan fingerprint density at radius 2 is 1.79 bits per heavy atom. The third-order valence-electron chi connectivity index (χ3n) is 3.10. The average Bonchev–Trinajstić information content (AvgIpc) is 2.37. The number of hydrogen-bond acceptors (Lipinski definition) is 4. The van der Waals surface area contributed by atoms with E-state index in [1.165, 1.54) is 0 Å². The van der Waals surface area contributed by atoms with Crippen molar-refractivity contribution < 1.29 is 24.5 Å². The SMILES string of the molecule is O=C(O)C=C(CCCCCN1CCOCC1)C(=O)O. The minimum Gasteiger partial charge on any atom is -0.478 e. The Morgan fingerprint density at radius 1 is 1.11 bits per heavy atom. The maximum Gasteiger partial charge on any atom is 0.331 e. The molecule has 0 spiro atoms. The Kier molecular flexibility index (Phi) is 7.14. The molecule has 108 valence electrons.